The second kappa shape index (κ2) is 10.2. The van der Waals surface area contributed by atoms with Crippen molar-refractivity contribution in [3.05, 3.63) is 39.7 Å². The van der Waals surface area contributed by atoms with Gasteiger partial charge in [-0.3, -0.25) is 14.4 Å². The lowest BCUT2D eigenvalue weighted by Gasteiger charge is -2.48. The molecule has 4 atom stereocenters. The molecule has 0 radical (unpaired) electrons. The van der Waals surface area contributed by atoms with Crippen LogP contribution in [0.1, 0.15) is 49.3 Å². The fourth-order valence-electron chi connectivity index (χ4n) is 5.74. The standard InChI is InChI=1S/C26H32N4O9/c1-2-3-4-5-39-25(37)30-9-11-8-14(27)12-6-10-7-13-18(28)21(33)17(24(29)36)23(35)26(13,38)22(34)15(10)20(32)16(12)19(11)31/h8,10,13,18,31-32,35,38H,2-7,9,27-28H2,1H3,(H2,29,36)(H,30,37)/t10?,13-,18?,26-/m0/s1. The number of rotatable bonds is 7. The first-order valence-electron chi connectivity index (χ1n) is 12.6. The van der Waals surface area contributed by atoms with Crippen molar-refractivity contribution in [1.82, 2.24) is 5.32 Å². The van der Waals surface area contributed by atoms with Gasteiger partial charge in [0, 0.05) is 29.3 Å². The minimum Gasteiger partial charge on any atom is -0.508 e. The topological polar surface area (TPSA) is 249 Å². The van der Waals surface area contributed by atoms with E-state index in [2.05, 4.69) is 5.32 Å². The summed E-state index contributed by atoms with van der Waals surface area (Å²) in [7, 11) is 0. The van der Waals surface area contributed by atoms with E-state index >= 15 is 0 Å². The van der Waals surface area contributed by atoms with Gasteiger partial charge in [0.15, 0.2) is 11.4 Å². The van der Waals surface area contributed by atoms with E-state index in [1.54, 1.807) is 0 Å². The maximum Gasteiger partial charge on any atom is 0.407 e. The number of ketones is 2. The molecule has 0 saturated heterocycles. The highest BCUT2D eigenvalue weighted by molar-refractivity contribution is 6.24. The van der Waals surface area contributed by atoms with E-state index in [4.69, 9.17) is 21.9 Å². The number of nitrogens with two attached hydrogens (primary N) is 3. The Morgan fingerprint density at radius 3 is 2.54 bits per heavy atom. The van der Waals surface area contributed by atoms with Crippen LogP contribution in [-0.4, -0.2) is 62.2 Å². The molecule has 0 spiro atoms. The van der Waals surface area contributed by atoms with Gasteiger partial charge in [-0.25, -0.2) is 4.79 Å². The number of carbonyl (C=O) groups excluding carboxylic acids is 4. The van der Waals surface area contributed by atoms with Crippen molar-refractivity contribution in [3.63, 3.8) is 0 Å². The fraction of sp³-hybridized carbons (Fsp3) is 0.462. The number of hydrogen-bond donors (Lipinski definition) is 8. The number of hydrogen-bond acceptors (Lipinski definition) is 11. The minimum atomic E-state index is -2.79. The number of primary amides is 1. The number of aliphatic hydroxyl groups is 3. The van der Waals surface area contributed by atoms with Crippen molar-refractivity contribution in [1.29, 1.82) is 0 Å². The second-order valence-electron chi connectivity index (χ2n) is 10.1. The van der Waals surface area contributed by atoms with E-state index in [-0.39, 0.29) is 48.4 Å². The third-order valence-corrected chi connectivity index (χ3v) is 7.77. The second-order valence-corrected chi connectivity index (χ2v) is 10.1. The lowest BCUT2D eigenvalue weighted by Crippen LogP contribution is -2.65. The van der Waals surface area contributed by atoms with Crippen LogP contribution in [-0.2, 0) is 32.1 Å². The van der Waals surface area contributed by atoms with Gasteiger partial charge in [-0.2, -0.15) is 0 Å². The number of amides is 2. The SMILES string of the molecule is CCCCCOC(=O)NCc1cc(N)c2c(c1O)C(O)=C1C(=O)[C@]3(O)C(O)=C(C(N)=O)C(=O)C(N)[C@@H]3CC1C2. The Morgan fingerprint density at radius 2 is 1.90 bits per heavy atom. The zero-order valence-electron chi connectivity index (χ0n) is 21.3. The average Bonchev–Trinajstić information content (AvgIpc) is 2.88. The van der Waals surface area contributed by atoms with E-state index in [0.29, 0.717) is 12.0 Å². The Morgan fingerprint density at radius 1 is 1.21 bits per heavy atom. The number of unbranched alkanes of at least 4 members (excludes halogenated alkanes) is 2. The highest BCUT2D eigenvalue weighted by Gasteiger charge is 2.63. The lowest BCUT2D eigenvalue weighted by atomic mass is 9.58. The molecule has 0 heterocycles. The van der Waals surface area contributed by atoms with Crippen LogP contribution in [0.4, 0.5) is 10.5 Å². The third kappa shape index (κ3) is 4.36. The summed E-state index contributed by atoms with van der Waals surface area (Å²) in [5.74, 6) is -8.01. The zero-order chi connectivity index (χ0) is 28.8. The summed E-state index contributed by atoms with van der Waals surface area (Å²) in [4.78, 5) is 50.1. The summed E-state index contributed by atoms with van der Waals surface area (Å²) in [5, 5.41) is 46.8. The molecule has 210 valence electrons. The molecule has 1 fully saturated rings. The molecular formula is C26H32N4O9. The summed E-state index contributed by atoms with van der Waals surface area (Å²) >= 11 is 0. The molecule has 1 saturated carbocycles. The number of fused-ring (bicyclic) bond motifs is 3. The van der Waals surface area contributed by atoms with Crippen LogP contribution in [0.3, 0.4) is 0 Å². The summed E-state index contributed by atoms with van der Waals surface area (Å²) in [6, 6.07) is -0.0997. The van der Waals surface area contributed by atoms with Crippen LogP contribution in [0.15, 0.2) is 23.0 Å². The van der Waals surface area contributed by atoms with Crippen LogP contribution >= 0.6 is 0 Å². The van der Waals surface area contributed by atoms with E-state index in [1.807, 2.05) is 6.92 Å². The van der Waals surface area contributed by atoms with Crippen LogP contribution in [0.25, 0.3) is 5.76 Å². The Balaban J connectivity index is 1.72. The molecule has 13 nitrogen and oxygen atoms in total. The number of anilines is 1. The Hall–Kier alpha value is -4.10. The number of aromatic hydroxyl groups is 1. The normalized spacial score (nSPS) is 26.1. The van der Waals surface area contributed by atoms with Gasteiger partial charge in [0.1, 0.15) is 22.8 Å². The highest BCUT2D eigenvalue weighted by Crippen LogP contribution is 2.52. The van der Waals surface area contributed by atoms with Crippen LogP contribution in [0.5, 0.6) is 5.75 Å². The van der Waals surface area contributed by atoms with Crippen LogP contribution in [0.2, 0.25) is 0 Å². The molecule has 0 aliphatic heterocycles. The summed E-state index contributed by atoms with van der Waals surface area (Å²) in [5.41, 5.74) is 13.8. The van der Waals surface area contributed by atoms with Crippen LogP contribution in [0, 0.1) is 11.8 Å². The third-order valence-electron chi connectivity index (χ3n) is 7.77. The van der Waals surface area contributed by atoms with Gasteiger partial charge in [-0.05, 0) is 36.8 Å². The molecule has 2 amide bonds. The van der Waals surface area contributed by atoms with Crippen molar-refractivity contribution >= 4 is 35.0 Å². The Kier molecular flexibility index (Phi) is 7.32. The van der Waals surface area contributed by atoms with Crippen molar-refractivity contribution in [2.45, 2.75) is 57.2 Å². The van der Waals surface area contributed by atoms with E-state index in [0.717, 1.165) is 12.8 Å². The predicted octanol–water partition coefficient (Wildman–Crippen LogP) is 0.360. The number of alkyl carbamates (subject to hydrolysis) is 1. The molecule has 4 rings (SSSR count). The molecule has 39 heavy (non-hydrogen) atoms. The first-order chi connectivity index (χ1) is 18.4. The summed E-state index contributed by atoms with van der Waals surface area (Å²) in [6.07, 6.45) is 1.76. The lowest BCUT2D eigenvalue weighted by molar-refractivity contribution is -0.149. The number of nitrogens with one attached hydrogen (secondary N) is 1. The van der Waals surface area contributed by atoms with Crippen molar-refractivity contribution in [2.24, 2.45) is 23.3 Å². The Labute approximate surface area is 223 Å². The summed E-state index contributed by atoms with van der Waals surface area (Å²) in [6.45, 7) is 2.04. The number of Topliss-reactive ketones (excluding diaryl/α,β-unsaturated/α-hetero) is 2. The van der Waals surface area contributed by atoms with Gasteiger partial charge < -0.3 is 47.7 Å². The number of benzene rings is 1. The molecule has 1 aromatic carbocycles. The fourth-order valence-corrected chi connectivity index (χ4v) is 5.74. The highest BCUT2D eigenvalue weighted by atomic mass is 16.5. The van der Waals surface area contributed by atoms with Crippen molar-refractivity contribution in [3.8, 4) is 5.75 Å². The van der Waals surface area contributed by atoms with Crippen LogP contribution < -0.4 is 22.5 Å². The molecule has 2 unspecified atom stereocenters. The minimum absolute atomic E-state index is 0.0354. The summed E-state index contributed by atoms with van der Waals surface area (Å²) < 4.78 is 5.08. The van der Waals surface area contributed by atoms with Gasteiger partial charge in [0.05, 0.1) is 18.2 Å². The smallest absolute Gasteiger partial charge is 0.407 e. The molecule has 0 aromatic heterocycles. The Bertz CT molecular complexity index is 1330. The van der Waals surface area contributed by atoms with Gasteiger partial charge in [0.25, 0.3) is 5.91 Å². The molecular weight excluding hydrogens is 512 g/mol. The van der Waals surface area contributed by atoms with Gasteiger partial charge in [0.2, 0.25) is 5.78 Å². The quantitative estimate of drug-likeness (QED) is 0.101. The number of aliphatic hydroxyl groups excluding tert-OH is 2. The first kappa shape index (κ1) is 27.9. The maximum atomic E-state index is 13.6. The average molecular weight is 545 g/mol. The monoisotopic (exact) mass is 544 g/mol. The van der Waals surface area contributed by atoms with E-state index in [1.165, 1.54) is 6.07 Å². The van der Waals surface area contributed by atoms with Crippen molar-refractivity contribution in [2.75, 3.05) is 12.3 Å². The molecule has 11 N–H and O–H groups in total. The molecule has 3 aliphatic carbocycles. The molecule has 1 aromatic rings. The molecule has 13 heteroatoms. The van der Waals surface area contributed by atoms with E-state index < -0.39 is 69.9 Å². The molecule has 3 aliphatic rings. The largest absolute Gasteiger partial charge is 0.508 e. The molecule has 0 bridgehead atoms. The van der Waals surface area contributed by atoms with Gasteiger partial charge >= 0.3 is 6.09 Å². The maximum absolute atomic E-state index is 13.6. The first-order valence-corrected chi connectivity index (χ1v) is 12.6. The number of nitrogen functional groups attached to an aromatic ring is 1. The number of phenolic OH excluding ortho intramolecular Hbond substituents is 1. The number of ether oxygens (including phenoxy) is 1. The van der Waals surface area contributed by atoms with Gasteiger partial charge in [-0.1, -0.05) is 19.8 Å². The van der Waals surface area contributed by atoms with E-state index in [9.17, 15) is 39.6 Å². The van der Waals surface area contributed by atoms with Crippen molar-refractivity contribution < 1.29 is 44.3 Å². The predicted molar refractivity (Wildman–Crippen MR) is 137 cm³/mol. The zero-order valence-corrected chi connectivity index (χ0v) is 21.3. The number of carbonyl (C=O) groups is 4. The number of phenols is 1. The van der Waals surface area contributed by atoms with Gasteiger partial charge in [-0.15, -0.1) is 0 Å².